The van der Waals surface area contributed by atoms with Gasteiger partial charge in [-0.15, -0.1) is 0 Å². The summed E-state index contributed by atoms with van der Waals surface area (Å²) in [6.45, 7) is 0.191. The molecule has 11 heavy (non-hydrogen) atoms. The Hall–Kier alpha value is -0.800. The van der Waals surface area contributed by atoms with Gasteiger partial charge in [-0.25, -0.2) is 0 Å². The smallest absolute Gasteiger partial charge is 0.0950 e. The zero-order chi connectivity index (χ0) is 8.10. The number of hydrogen-bond donors (Lipinski definition) is 2. The molecular formula is C8H13NO2. The van der Waals surface area contributed by atoms with Crippen molar-refractivity contribution < 1.29 is 9.52 Å². The van der Waals surface area contributed by atoms with Gasteiger partial charge in [0.1, 0.15) is 0 Å². The highest BCUT2D eigenvalue weighted by Crippen LogP contribution is 2.15. The monoisotopic (exact) mass is 155 g/mol. The first-order chi connectivity index (χ1) is 5.38. The van der Waals surface area contributed by atoms with Crippen LogP contribution in [0.15, 0.2) is 23.0 Å². The Bertz CT molecular complexity index is 184. The number of rotatable bonds is 4. The zero-order valence-corrected chi connectivity index (χ0v) is 6.58. The average Bonchev–Trinajstić information content (AvgIpc) is 2.52. The number of nitrogens with one attached hydrogen (secondary N) is 1. The van der Waals surface area contributed by atoms with E-state index in [0.29, 0.717) is 0 Å². The van der Waals surface area contributed by atoms with E-state index in [-0.39, 0.29) is 12.6 Å². The highest BCUT2D eigenvalue weighted by Gasteiger charge is 2.08. The van der Waals surface area contributed by atoms with Gasteiger partial charge in [0.2, 0.25) is 0 Å². The molecule has 62 valence electrons. The molecule has 0 saturated heterocycles. The molecule has 3 heteroatoms. The molecule has 0 amide bonds. The van der Waals surface area contributed by atoms with Crippen molar-refractivity contribution in [3.63, 3.8) is 0 Å². The fourth-order valence-corrected chi connectivity index (χ4v) is 1.08. The van der Waals surface area contributed by atoms with E-state index in [4.69, 9.17) is 9.52 Å². The molecule has 1 aromatic heterocycles. The van der Waals surface area contributed by atoms with Crippen molar-refractivity contribution in [1.82, 2.24) is 5.32 Å². The lowest BCUT2D eigenvalue weighted by atomic mass is 10.1. The van der Waals surface area contributed by atoms with E-state index in [1.165, 1.54) is 0 Å². The van der Waals surface area contributed by atoms with Crippen LogP contribution in [0, 0.1) is 0 Å². The Morgan fingerprint density at radius 2 is 2.55 bits per heavy atom. The van der Waals surface area contributed by atoms with Crippen molar-refractivity contribution in [1.29, 1.82) is 0 Å². The van der Waals surface area contributed by atoms with Gasteiger partial charge in [-0.3, -0.25) is 0 Å². The van der Waals surface area contributed by atoms with Crippen LogP contribution in [0.5, 0.6) is 0 Å². The van der Waals surface area contributed by atoms with Gasteiger partial charge in [0.05, 0.1) is 12.5 Å². The summed E-state index contributed by atoms with van der Waals surface area (Å²) >= 11 is 0. The van der Waals surface area contributed by atoms with Gasteiger partial charge in [-0.2, -0.15) is 0 Å². The zero-order valence-electron chi connectivity index (χ0n) is 6.58. The van der Waals surface area contributed by atoms with Crippen molar-refractivity contribution in [2.75, 3.05) is 13.7 Å². The highest BCUT2D eigenvalue weighted by molar-refractivity contribution is 5.10. The van der Waals surface area contributed by atoms with E-state index in [9.17, 15) is 0 Å². The molecule has 1 atom stereocenters. The lowest BCUT2D eigenvalue weighted by molar-refractivity contribution is 0.268. The van der Waals surface area contributed by atoms with Crippen LogP contribution in [0.2, 0.25) is 0 Å². The lowest BCUT2D eigenvalue weighted by Crippen LogP contribution is -2.16. The lowest BCUT2D eigenvalue weighted by Gasteiger charge is -2.11. The SMILES string of the molecule is CNC(CCO)c1ccoc1. The number of aliphatic hydroxyl groups is 1. The Morgan fingerprint density at radius 3 is 3.00 bits per heavy atom. The predicted molar refractivity (Wildman–Crippen MR) is 42.2 cm³/mol. The van der Waals surface area contributed by atoms with Crippen molar-refractivity contribution >= 4 is 0 Å². The van der Waals surface area contributed by atoms with Crippen LogP contribution >= 0.6 is 0 Å². The Balaban J connectivity index is 2.56. The highest BCUT2D eigenvalue weighted by atomic mass is 16.3. The van der Waals surface area contributed by atoms with Gasteiger partial charge in [-0.05, 0) is 19.5 Å². The molecule has 1 heterocycles. The molecule has 0 aromatic carbocycles. The molecule has 1 aromatic rings. The fourth-order valence-electron chi connectivity index (χ4n) is 1.08. The largest absolute Gasteiger partial charge is 0.472 e. The first kappa shape index (κ1) is 8.30. The van der Waals surface area contributed by atoms with Crippen LogP contribution in [-0.2, 0) is 0 Å². The van der Waals surface area contributed by atoms with Crippen molar-refractivity contribution in [2.45, 2.75) is 12.5 Å². The summed E-state index contributed by atoms with van der Waals surface area (Å²) in [5.41, 5.74) is 1.08. The summed E-state index contributed by atoms with van der Waals surface area (Å²) in [5, 5.41) is 11.8. The first-order valence-electron chi connectivity index (χ1n) is 3.68. The van der Waals surface area contributed by atoms with Gasteiger partial charge < -0.3 is 14.8 Å². The molecule has 0 aliphatic rings. The second-order valence-electron chi connectivity index (χ2n) is 2.41. The van der Waals surface area contributed by atoms with Gasteiger partial charge in [-0.1, -0.05) is 0 Å². The minimum absolute atomic E-state index is 0.191. The average molecular weight is 155 g/mol. The maximum Gasteiger partial charge on any atom is 0.0950 e. The summed E-state index contributed by atoms with van der Waals surface area (Å²) in [6, 6.07) is 2.11. The van der Waals surface area contributed by atoms with E-state index in [2.05, 4.69) is 5.32 Å². The summed E-state index contributed by atoms with van der Waals surface area (Å²) in [6.07, 6.45) is 4.05. The van der Waals surface area contributed by atoms with Crippen LogP contribution in [0.25, 0.3) is 0 Å². The van der Waals surface area contributed by atoms with E-state index in [0.717, 1.165) is 12.0 Å². The molecule has 0 radical (unpaired) electrons. The summed E-state index contributed by atoms with van der Waals surface area (Å²) < 4.78 is 4.92. The van der Waals surface area contributed by atoms with Crippen LogP contribution in [-0.4, -0.2) is 18.8 Å². The van der Waals surface area contributed by atoms with Crippen LogP contribution in [0.4, 0.5) is 0 Å². The second-order valence-corrected chi connectivity index (χ2v) is 2.41. The predicted octanol–water partition coefficient (Wildman–Crippen LogP) is 0.923. The van der Waals surface area contributed by atoms with Crippen LogP contribution in [0.3, 0.4) is 0 Å². The minimum Gasteiger partial charge on any atom is -0.472 e. The molecular weight excluding hydrogens is 142 g/mol. The van der Waals surface area contributed by atoms with E-state index in [1.807, 2.05) is 13.1 Å². The standard InChI is InChI=1S/C8H13NO2/c1-9-8(2-4-10)7-3-5-11-6-7/h3,5-6,8-10H,2,4H2,1H3. The normalized spacial score (nSPS) is 13.3. The van der Waals surface area contributed by atoms with Crippen molar-refractivity contribution in [2.24, 2.45) is 0 Å². The van der Waals surface area contributed by atoms with Gasteiger partial charge in [0.25, 0.3) is 0 Å². The third kappa shape index (κ3) is 2.06. The molecule has 0 bridgehead atoms. The molecule has 0 aliphatic heterocycles. The Labute approximate surface area is 66.0 Å². The van der Waals surface area contributed by atoms with Crippen LogP contribution < -0.4 is 5.32 Å². The topological polar surface area (TPSA) is 45.4 Å². The van der Waals surface area contributed by atoms with Gasteiger partial charge in [0.15, 0.2) is 0 Å². The molecule has 2 N–H and O–H groups in total. The number of furan rings is 1. The third-order valence-electron chi connectivity index (χ3n) is 1.71. The van der Waals surface area contributed by atoms with E-state index >= 15 is 0 Å². The van der Waals surface area contributed by atoms with E-state index in [1.54, 1.807) is 12.5 Å². The third-order valence-corrected chi connectivity index (χ3v) is 1.71. The molecule has 3 nitrogen and oxygen atoms in total. The quantitative estimate of drug-likeness (QED) is 0.679. The number of aliphatic hydroxyl groups excluding tert-OH is 1. The Kier molecular flexibility index (Phi) is 3.14. The van der Waals surface area contributed by atoms with Crippen molar-refractivity contribution in [3.8, 4) is 0 Å². The molecule has 0 spiro atoms. The van der Waals surface area contributed by atoms with Crippen molar-refractivity contribution in [3.05, 3.63) is 24.2 Å². The van der Waals surface area contributed by atoms with E-state index < -0.39 is 0 Å². The molecule has 1 rings (SSSR count). The maximum absolute atomic E-state index is 8.70. The number of hydrogen-bond acceptors (Lipinski definition) is 3. The first-order valence-corrected chi connectivity index (χ1v) is 3.68. The van der Waals surface area contributed by atoms with Gasteiger partial charge in [0, 0.05) is 18.2 Å². The Morgan fingerprint density at radius 1 is 1.73 bits per heavy atom. The second kappa shape index (κ2) is 4.16. The maximum atomic E-state index is 8.70. The van der Waals surface area contributed by atoms with Gasteiger partial charge >= 0.3 is 0 Å². The molecule has 0 fully saturated rings. The summed E-state index contributed by atoms with van der Waals surface area (Å²) in [4.78, 5) is 0. The molecule has 1 unspecified atom stereocenters. The van der Waals surface area contributed by atoms with Crippen LogP contribution in [0.1, 0.15) is 18.0 Å². The molecule has 0 aliphatic carbocycles. The fraction of sp³-hybridized carbons (Fsp3) is 0.500. The molecule has 0 saturated carbocycles. The summed E-state index contributed by atoms with van der Waals surface area (Å²) in [5.74, 6) is 0. The minimum atomic E-state index is 0.191. The summed E-state index contributed by atoms with van der Waals surface area (Å²) in [7, 11) is 1.87.